The predicted octanol–water partition coefficient (Wildman–Crippen LogP) is 2.58. The second kappa shape index (κ2) is 6.10. The quantitative estimate of drug-likeness (QED) is 0.649. The van der Waals surface area contributed by atoms with E-state index in [0.717, 1.165) is 16.7 Å². The molecule has 1 unspecified atom stereocenters. The molecule has 0 aliphatic rings. The van der Waals surface area contributed by atoms with Gasteiger partial charge in [-0.2, -0.15) is 0 Å². The van der Waals surface area contributed by atoms with Gasteiger partial charge in [0.1, 0.15) is 0 Å². The minimum Gasteiger partial charge on any atom is -0.326 e. The number of rotatable bonds is 5. The molecule has 0 saturated carbocycles. The summed E-state index contributed by atoms with van der Waals surface area (Å²) in [6.45, 7) is 5.75. The van der Waals surface area contributed by atoms with Crippen molar-refractivity contribution in [3.8, 4) is 0 Å². The van der Waals surface area contributed by atoms with E-state index in [0.29, 0.717) is 5.56 Å². The first-order valence-electron chi connectivity index (χ1n) is 5.38. The van der Waals surface area contributed by atoms with Gasteiger partial charge in [-0.3, -0.25) is 9.36 Å². The number of Topliss-reactive ketones (excluding diaryl/α,β-unsaturated/α-hetero) is 1. The van der Waals surface area contributed by atoms with Gasteiger partial charge in [-0.05, 0) is 31.9 Å². The predicted molar refractivity (Wildman–Crippen MR) is 66.8 cm³/mol. The van der Waals surface area contributed by atoms with Gasteiger partial charge < -0.3 is 9.42 Å². The van der Waals surface area contributed by atoms with Crippen molar-refractivity contribution in [3.63, 3.8) is 0 Å². The molecule has 0 radical (unpaired) electrons. The number of carbonyl (C=O) groups is 1. The second-order valence-electron chi connectivity index (χ2n) is 4.06. The summed E-state index contributed by atoms with van der Waals surface area (Å²) in [5.74, 6) is -0.0525. The van der Waals surface area contributed by atoms with Crippen molar-refractivity contribution in [1.29, 1.82) is 0 Å². The largest absolute Gasteiger partial charge is 0.326 e. The third-order valence-corrected chi connectivity index (χ3v) is 2.96. The molecule has 1 N–H and O–H groups in total. The molecule has 94 valence electrons. The van der Waals surface area contributed by atoms with E-state index in [1.165, 1.54) is 0 Å². The Morgan fingerprint density at radius 2 is 1.82 bits per heavy atom. The molecule has 0 amide bonds. The number of carbonyl (C=O) groups excluding carboxylic acids is 1. The Bertz CT molecular complexity index is 431. The Labute approximate surface area is 102 Å². The molecule has 5 heteroatoms. The molecule has 0 heterocycles. The molecular weight excluding hydrogens is 239 g/mol. The smallest absolute Gasteiger partial charge is 0.316 e. The highest BCUT2D eigenvalue weighted by atomic mass is 31.1. The van der Waals surface area contributed by atoms with Crippen LogP contribution in [0.4, 0.5) is 0 Å². The first-order valence-corrected chi connectivity index (χ1v) is 6.65. The van der Waals surface area contributed by atoms with Gasteiger partial charge in [-0.15, -0.1) is 0 Å². The summed E-state index contributed by atoms with van der Waals surface area (Å²) in [6, 6.07) is 3.91. The summed E-state index contributed by atoms with van der Waals surface area (Å²) in [5.41, 5.74) is 3.68. The van der Waals surface area contributed by atoms with E-state index in [1.807, 2.05) is 32.9 Å². The lowest BCUT2D eigenvalue weighted by Crippen LogP contribution is -2.07. The van der Waals surface area contributed by atoms with Gasteiger partial charge in [0.05, 0.1) is 6.61 Å². The third-order valence-electron chi connectivity index (χ3n) is 2.51. The molecule has 1 aromatic carbocycles. The van der Waals surface area contributed by atoms with E-state index in [9.17, 15) is 9.36 Å². The van der Waals surface area contributed by atoms with Gasteiger partial charge in [-0.25, -0.2) is 0 Å². The molecule has 0 aromatic heterocycles. The zero-order valence-electron chi connectivity index (χ0n) is 10.2. The molecule has 0 fully saturated rings. The molecule has 17 heavy (non-hydrogen) atoms. The van der Waals surface area contributed by atoms with Crippen molar-refractivity contribution in [2.45, 2.75) is 27.2 Å². The van der Waals surface area contributed by atoms with Crippen molar-refractivity contribution in [2.75, 3.05) is 6.61 Å². The summed E-state index contributed by atoms with van der Waals surface area (Å²) in [6.07, 6.45) is 0.127. The lowest BCUT2D eigenvalue weighted by Gasteiger charge is -2.10. The topological polar surface area (TPSA) is 63.6 Å². The maximum absolute atomic E-state index is 11.9. The van der Waals surface area contributed by atoms with Crippen molar-refractivity contribution in [1.82, 2.24) is 0 Å². The number of hydrogen-bond acceptors (Lipinski definition) is 3. The standard InChI is InChI=1S/C12H17O4P/c1-8-6-9(2)12(10(3)7-8)11(13)4-5-16-17(14)15/h6-7,17H,4-5H2,1-3H3,(H,14,15). The maximum Gasteiger partial charge on any atom is 0.316 e. The molecule has 0 spiro atoms. The highest BCUT2D eigenvalue weighted by Gasteiger charge is 2.12. The summed E-state index contributed by atoms with van der Waals surface area (Å²) < 4.78 is 14.9. The van der Waals surface area contributed by atoms with Crippen LogP contribution in [0.15, 0.2) is 12.1 Å². The van der Waals surface area contributed by atoms with Crippen molar-refractivity contribution in [3.05, 3.63) is 34.4 Å². The Hall–Kier alpha value is -0.960. The van der Waals surface area contributed by atoms with Crippen molar-refractivity contribution < 1.29 is 18.8 Å². The monoisotopic (exact) mass is 256 g/mol. The second-order valence-corrected chi connectivity index (χ2v) is 4.88. The van der Waals surface area contributed by atoms with Crippen LogP contribution in [0.1, 0.15) is 33.5 Å². The summed E-state index contributed by atoms with van der Waals surface area (Å²) in [5, 5.41) is 0. The lowest BCUT2D eigenvalue weighted by atomic mass is 9.95. The van der Waals surface area contributed by atoms with Crippen LogP contribution in [0.3, 0.4) is 0 Å². The van der Waals surface area contributed by atoms with Crippen LogP contribution in [0, 0.1) is 20.8 Å². The minimum atomic E-state index is -2.94. The molecule has 0 saturated heterocycles. The van der Waals surface area contributed by atoms with Crippen LogP contribution in [-0.4, -0.2) is 17.3 Å². The molecule has 4 nitrogen and oxygen atoms in total. The van der Waals surface area contributed by atoms with Crippen molar-refractivity contribution >= 4 is 14.0 Å². The van der Waals surface area contributed by atoms with Crippen LogP contribution < -0.4 is 0 Å². The van der Waals surface area contributed by atoms with Gasteiger partial charge in [0.15, 0.2) is 5.78 Å². The van der Waals surface area contributed by atoms with Crippen LogP contribution >= 0.6 is 8.25 Å². The fourth-order valence-electron chi connectivity index (χ4n) is 1.98. The van der Waals surface area contributed by atoms with E-state index < -0.39 is 8.25 Å². The van der Waals surface area contributed by atoms with E-state index in [1.54, 1.807) is 0 Å². The summed E-state index contributed by atoms with van der Waals surface area (Å²) in [4.78, 5) is 20.4. The molecule has 1 rings (SSSR count). The van der Waals surface area contributed by atoms with E-state index in [2.05, 4.69) is 4.52 Å². The normalized spacial score (nSPS) is 12.5. The summed E-state index contributed by atoms with van der Waals surface area (Å²) >= 11 is 0. The minimum absolute atomic E-state index is 0.0140. The highest BCUT2D eigenvalue weighted by molar-refractivity contribution is 7.32. The Balaban J connectivity index is 2.79. The zero-order valence-corrected chi connectivity index (χ0v) is 11.2. The first-order chi connectivity index (χ1) is 7.91. The van der Waals surface area contributed by atoms with Gasteiger partial charge in [0.2, 0.25) is 0 Å². The maximum atomic E-state index is 11.9. The molecule has 0 aliphatic heterocycles. The van der Waals surface area contributed by atoms with Gasteiger partial charge in [-0.1, -0.05) is 17.7 Å². The fourth-order valence-corrected chi connectivity index (χ4v) is 2.25. The van der Waals surface area contributed by atoms with Crippen LogP contribution in [0.25, 0.3) is 0 Å². The molecule has 0 bridgehead atoms. The molecular formula is C12H17O4P. The van der Waals surface area contributed by atoms with Gasteiger partial charge in [0, 0.05) is 12.0 Å². The van der Waals surface area contributed by atoms with Gasteiger partial charge in [0.25, 0.3) is 0 Å². The highest BCUT2D eigenvalue weighted by Crippen LogP contribution is 2.20. The average Bonchev–Trinajstić information content (AvgIpc) is 2.14. The zero-order chi connectivity index (χ0) is 13.0. The van der Waals surface area contributed by atoms with Crippen LogP contribution in [0.2, 0.25) is 0 Å². The fraction of sp³-hybridized carbons (Fsp3) is 0.417. The Kier molecular flexibility index (Phi) is 5.06. The Morgan fingerprint density at radius 1 is 1.29 bits per heavy atom. The van der Waals surface area contributed by atoms with E-state index >= 15 is 0 Å². The number of ketones is 1. The molecule has 1 atom stereocenters. The first kappa shape index (κ1) is 14.1. The third kappa shape index (κ3) is 4.08. The number of benzene rings is 1. The molecule has 1 aromatic rings. The van der Waals surface area contributed by atoms with Crippen molar-refractivity contribution in [2.24, 2.45) is 0 Å². The van der Waals surface area contributed by atoms with Gasteiger partial charge >= 0.3 is 8.25 Å². The Morgan fingerprint density at radius 3 is 2.29 bits per heavy atom. The average molecular weight is 256 g/mol. The number of hydrogen-bond donors (Lipinski definition) is 1. The van der Waals surface area contributed by atoms with E-state index in [4.69, 9.17) is 4.89 Å². The number of aryl methyl sites for hydroxylation is 3. The van der Waals surface area contributed by atoms with Crippen LogP contribution in [0.5, 0.6) is 0 Å². The van der Waals surface area contributed by atoms with E-state index in [-0.39, 0.29) is 18.8 Å². The lowest BCUT2D eigenvalue weighted by molar-refractivity contribution is 0.0961. The molecule has 0 aliphatic carbocycles. The SMILES string of the molecule is Cc1cc(C)c(C(=O)CCO[PH](=O)O)c(C)c1. The summed E-state index contributed by atoms with van der Waals surface area (Å²) in [7, 11) is -2.94. The van der Waals surface area contributed by atoms with Crippen LogP contribution in [-0.2, 0) is 9.09 Å².